The normalized spacial score (nSPS) is 17.5. The third-order valence-corrected chi connectivity index (χ3v) is 6.56. The molecule has 38 heavy (non-hydrogen) atoms. The van der Waals surface area contributed by atoms with Gasteiger partial charge in [-0.1, -0.05) is 42.0 Å². The number of rotatable bonds is 0. The summed E-state index contributed by atoms with van der Waals surface area (Å²) in [6.07, 6.45) is 16.2. The topological polar surface area (TPSA) is 51.6 Å². The van der Waals surface area contributed by atoms with Crippen molar-refractivity contribution in [2.75, 3.05) is 0 Å². The standard InChI is InChI=1S/C13H15N.C12H11N.C9H8N2/c1-10-5-7-11(2)13-12(8-6-10)4-3-9-14-13;1-9-5-6-10(2)12-11(8-9)4-3-7-13-12;1-7-3-2-4-9-8(7)5-6-10-11-9/h3-4,6,8-9H,5,7H2,1-2H3;3-4,6-8H,1-2H3;2-6H,1H3/b10-6+,12-8-,13-11+;;. The smallest absolute Gasteiger partial charge is 0.0932 e. The molecule has 0 aliphatic heterocycles. The van der Waals surface area contributed by atoms with Crippen molar-refractivity contribution in [1.82, 2.24) is 20.2 Å². The van der Waals surface area contributed by atoms with Crippen LogP contribution in [0.3, 0.4) is 0 Å². The number of hydrogen-bond acceptors (Lipinski definition) is 4. The highest BCUT2D eigenvalue weighted by atomic mass is 15.1. The molecule has 0 N–H and O–H groups in total. The predicted molar refractivity (Wildman–Crippen MR) is 159 cm³/mol. The fourth-order valence-electron chi connectivity index (χ4n) is 4.33. The second-order valence-corrected chi connectivity index (χ2v) is 9.68. The lowest BCUT2D eigenvalue weighted by Gasteiger charge is -2.04. The first-order valence-corrected chi connectivity index (χ1v) is 12.9. The van der Waals surface area contributed by atoms with Crippen molar-refractivity contribution in [1.29, 1.82) is 0 Å². The van der Waals surface area contributed by atoms with Crippen molar-refractivity contribution in [3.05, 3.63) is 123 Å². The number of fused-ring (bicyclic) bond motifs is 3. The van der Waals surface area contributed by atoms with E-state index in [9.17, 15) is 0 Å². The lowest BCUT2D eigenvalue weighted by molar-refractivity contribution is 0.967. The van der Waals surface area contributed by atoms with Gasteiger partial charge >= 0.3 is 0 Å². The Balaban J connectivity index is 0.000000134. The van der Waals surface area contributed by atoms with E-state index in [0.29, 0.717) is 0 Å². The first kappa shape index (κ1) is 26.7. The van der Waals surface area contributed by atoms with Crippen LogP contribution in [0, 0.1) is 6.92 Å². The van der Waals surface area contributed by atoms with Crippen LogP contribution in [-0.4, -0.2) is 20.2 Å². The summed E-state index contributed by atoms with van der Waals surface area (Å²) < 4.78 is 0. The van der Waals surface area contributed by atoms with E-state index in [0.717, 1.165) is 34.6 Å². The second kappa shape index (κ2) is 12.7. The molecule has 0 saturated heterocycles. The Labute approximate surface area is 224 Å². The van der Waals surface area contributed by atoms with Gasteiger partial charge in [-0.3, -0.25) is 9.97 Å². The highest BCUT2D eigenvalue weighted by Gasteiger charge is 1.99. The average Bonchev–Trinajstić information content (AvgIpc) is 3.08. The molecule has 0 saturated carbocycles. The summed E-state index contributed by atoms with van der Waals surface area (Å²) in [6, 6.07) is 16.2. The largest absolute Gasteiger partial charge is 0.256 e. The van der Waals surface area contributed by atoms with E-state index in [1.807, 2.05) is 55.7 Å². The minimum absolute atomic E-state index is 0.965. The molecule has 0 radical (unpaired) electrons. The van der Waals surface area contributed by atoms with Gasteiger partial charge in [-0.2, -0.15) is 10.2 Å². The van der Waals surface area contributed by atoms with Crippen molar-refractivity contribution < 1.29 is 0 Å². The van der Waals surface area contributed by atoms with Crippen molar-refractivity contribution in [3.8, 4) is 0 Å². The molecule has 0 amide bonds. The highest BCUT2D eigenvalue weighted by molar-refractivity contribution is 5.80. The Kier molecular flexibility index (Phi) is 8.92. The SMILES string of the molecule is CC1=C=CC(C)=c2ncccc2=C1.C\C1=C/C=c2/cccn/c2=C(\C)CC1.Cc1cccc2nnccc12. The molecule has 1 aromatic carbocycles. The minimum Gasteiger partial charge on any atom is -0.256 e. The third-order valence-electron chi connectivity index (χ3n) is 6.56. The Morgan fingerprint density at radius 2 is 1.47 bits per heavy atom. The maximum absolute atomic E-state index is 4.43. The number of pyridine rings is 2. The molecule has 4 nitrogen and oxygen atoms in total. The predicted octanol–water partition coefficient (Wildman–Crippen LogP) is 4.86. The van der Waals surface area contributed by atoms with Gasteiger partial charge in [-0.15, -0.1) is 5.73 Å². The molecule has 190 valence electrons. The minimum atomic E-state index is 0.965. The van der Waals surface area contributed by atoms with E-state index in [1.54, 1.807) is 6.20 Å². The Morgan fingerprint density at radius 3 is 2.26 bits per heavy atom. The number of nitrogens with zero attached hydrogens (tertiary/aromatic N) is 4. The summed E-state index contributed by atoms with van der Waals surface area (Å²) in [5.74, 6) is 0. The molecule has 0 unspecified atom stereocenters. The molecule has 0 atom stereocenters. The maximum atomic E-state index is 4.43. The zero-order valence-corrected chi connectivity index (χ0v) is 22.9. The fourth-order valence-corrected chi connectivity index (χ4v) is 4.33. The first-order chi connectivity index (χ1) is 18.4. The zero-order chi connectivity index (χ0) is 26.9. The van der Waals surface area contributed by atoms with Crippen LogP contribution >= 0.6 is 0 Å². The van der Waals surface area contributed by atoms with Crippen LogP contribution in [0.4, 0.5) is 0 Å². The second-order valence-electron chi connectivity index (χ2n) is 9.68. The molecule has 4 aromatic rings. The molecule has 6 rings (SSSR count). The molecule has 0 fully saturated rings. The number of hydrogen-bond donors (Lipinski definition) is 0. The van der Waals surface area contributed by atoms with Gasteiger partial charge < -0.3 is 0 Å². The first-order valence-electron chi connectivity index (χ1n) is 12.9. The van der Waals surface area contributed by atoms with Gasteiger partial charge in [-0.05, 0) is 106 Å². The van der Waals surface area contributed by atoms with E-state index in [4.69, 9.17) is 0 Å². The number of aromatic nitrogens is 4. The van der Waals surface area contributed by atoms with Crippen LogP contribution in [0.1, 0.15) is 46.1 Å². The van der Waals surface area contributed by atoms with Crippen molar-refractivity contribution in [3.63, 3.8) is 0 Å². The molecule has 4 heteroatoms. The Hall–Kier alpha value is -4.40. The highest BCUT2D eigenvalue weighted by Crippen LogP contribution is 2.13. The van der Waals surface area contributed by atoms with Crippen LogP contribution in [0.5, 0.6) is 0 Å². The summed E-state index contributed by atoms with van der Waals surface area (Å²) in [7, 11) is 0. The molecule has 0 spiro atoms. The van der Waals surface area contributed by atoms with Crippen LogP contribution in [0.15, 0.2) is 96.2 Å². The molecule has 2 aliphatic carbocycles. The summed E-state index contributed by atoms with van der Waals surface area (Å²) in [6.45, 7) is 10.5. The van der Waals surface area contributed by atoms with Crippen LogP contribution in [0.25, 0.3) is 34.2 Å². The molecule has 0 bridgehead atoms. The van der Waals surface area contributed by atoms with Crippen molar-refractivity contribution in [2.24, 2.45) is 0 Å². The zero-order valence-electron chi connectivity index (χ0n) is 22.9. The molecule has 3 aromatic heterocycles. The number of allylic oxidation sites excluding steroid dienone is 3. The molecule has 3 heterocycles. The summed E-state index contributed by atoms with van der Waals surface area (Å²) in [5, 5.41) is 13.6. The average molecular weight is 499 g/mol. The molecular weight excluding hydrogens is 464 g/mol. The summed E-state index contributed by atoms with van der Waals surface area (Å²) in [5.41, 5.74) is 10.6. The lowest BCUT2D eigenvalue weighted by Crippen LogP contribution is -2.29. The number of benzene rings is 1. The van der Waals surface area contributed by atoms with Crippen molar-refractivity contribution >= 4 is 34.2 Å². The maximum Gasteiger partial charge on any atom is 0.0932 e. The van der Waals surface area contributed by atoms with Gasteiger partial charge in [0.25, 0.3) is 0 Å². The van der Waals surface area contributed by atoms with Crippen LogP contribution in [-0.2, 0) is 0 Å². The Morgan fingerprint density at radius 1 is 0.711 bits per heavy atom. The van der Waals surface area contributed by atoms with E-state index in [1.165, 1.54) is 38.1 Å². The van der Waals surface area contributed by atoms with Gasteiger partial charge in [0, 0.05) is 28.2 Å². The quantitative estimate of drug-likeness (QED) is 0.325. The lowest BCUT2D eigenvalue weighted by atomic mass is 10.0. The molecule has 2 aliphatic rings. The summed E-state index contributed by atoms with van der Waals surface area (Å²) in [4.78, 5) is 8.77. The summed E-state index contributed by atoms with van der Waals surface area (Å²) >= 11 is 0. The fraction of sp³-hybridized carbons (Fsp3) is 0.206. The van der Waals surface area contributed by atoms with E-state index < -0.39 is 0 Å². The van der Waals surface area contributed by atoms with Gasteiger partial charge in [0.15, 0.2) is 0 Å². The van der Waals surface area contributed by atoms with Gasteiger partial charge in [-0.25, -0.2) is 0 Å². The van der Waals surface area contributed by atoms with E-state index >= 15 is 0 Å². The Bertz CT molecular complexity index is 1800. The van der Waals surface area contributed by atoms with Crippen LogP contribution < -0.4 is 21.1 Å². The van der Waals surface area contributed by atoms with Gasteiger partial charge in [0.2, 0.25) is 0 Å². The molecular formula is C34H34N4. The van der Waals surface area contributed by atoms with Gasteiger partial charge in [0.1, 0.15) is 0 Å². The number of aryl methyl sites for hydroxylation is 1. The monoisotopic (exact) mass is 498 g/mol. The van der Waals surface area contributed by atoms with Gasteiger partial charge in [0.05, 0.1) is 22.4 Å². The van der Waals surface area contributed by atoms with Crippen LogP contribution in [0.2, 0.25) is 0 Å². The van der Waals surface area contributed by atoms with E-state index in [-0.39, 0.29) is 0 Å². The van der Waals surface area contributed by atoms with Crippen molar-refractivity contribution in [2.45, 2.75) is 47.5 Å². The third kappa shape index (κ3) is 6.88. The van der Waals surface area contributed by atoms with E-state index in [2.05, 4.69) is 90.0 Å².